The van der Waals surface area contributed by atoms with Gasteiger partial charge in [-0.05, 0) is 36.8 Å². The molecule has 1 atom stereocenters. The molecule has 1 unspecified atom stereocenters. The van der Waals surface area contributed by atoms with E-state index in [9.17, 15) is 8.42 Å². The summed E-state index contributed by atoms with van der Waals surface area (Å²) in [6.07, 6.45) is 5.25. The Hall–Kier alpha value is -2.09. The fourth-order valence-corrected chi connectivity index (χ4v) is 3.07. The topological polar surface area (TPSA) is 46.2 Å². The van der Waals surface area contributed by atoms with Crippen LogP contribution in [0.5, 0.6) is 0 Å². The molecule has 0 bridgehead atoms. The highest BCUT2D eigenvalue weighted by Crippen LogP contribution is 2.17. The molecule has 0 radical (unpaired) electrons. The lowest BCUT2D eigenvalue weighted by Gasteiger charge is -2.14. The van der Waals surface area contributed by atoms with Gasteiger partial charge in [0.25, 0.3) is 0 Å². The van der Waals surface area contributed by atoms with Crippen molar-refractivity contribution in [3.63, 3.8) is 0 Å². The predicted molar refractivity (Wildman–Crippen MR) is 79.6 cm³/mol. The molecule has 0 saturated carbocycles. The van der Waals surface area contributed by atoms with Crippen molar-refractivity contribution < 1.29 is 8.42 Å². The van der Waals surface area contributed by atoms with Crippen LogP contribution in [0, 0.1) is 12.3 Å². The molecule has 0 aliphatic rings. The van der Waals surface area contributed by atoms with Gasteiger partial charge in [-0.3, -0.25) is 0 Å². The maximum atomic E-state index is 12.3. The summed E-state index contributed by atoms with van der Waals surface area (Å²) < 4.78 is 27.2. The van der Waals surface area contributed by atoms with E-state index in [2.05, 4.69) is 10.6 Å². The first-order valence-electron chi connectivity index (χ1n) is 6.17. The number of hydrogen-bond acceptors (Lipinski definition) is 2. The van der Waals surface area contributed by atoms with E-state index in [-0.39, 0.29) is 10.9 Å². The molecule has 0 aliphatic carbocycles. The summed E-state index contributed by atoms with van der Waals surface area (Å²) in [5, 5.41) is 0. The first-order chi connectivity index (χ1) is 9.53. The van der Waals surface area contributed by atoms with Crippen molar-refractivity contribution in [2.45, 2.75) is 17.9 Å². The molecular weight excluding hydrogens is 270 g/mol. The van der Waals surface area contributed by atoms with Crippen molar-refractivity contribution in [3.8, 4) is 12.3 Å². The fourth-order valence-electron chi connectivity index (χ4n) is 1.84. The van der Waals surface area contributed by atoms with Crippen LogP contribution in [-0.2, 0) is 10.0 Å². The van der Waals surface area contributed by atoms with E-state index in [0.717, 1.165) is 5.56 Å². The van der Waals surface area contributed by atoms with E-state index >= 15 is 0 Å². The molecule has 0 aliphatic heterocycles. The molecule has 102 valence electrons. The second-order valence-corrected chi connectivity index (χ2v) is 6.14. The second-order valence-electron chi connectivity index (χ2n) is 4.42. The number of hydrogen-bond donors (Lipinski definition) is 1. The first-order valence-corrected chi connectivity index (χ1v) is 7.65. The average Bonchev–Trinajstić information content (AvgIpc) is 2.48. The Bertz CT molecular complexity index is 713. The van der Waals surface area contributed by atoms with E-state index in [0.29, 0.717) is 5.56 Å². The van der Waals surface area contributed by atoms with Gasteiger partial charge in [0, 0.05) is 11.6 Å². The molecule has 1 N–H and O–H groups in total. The minimum atomic E-state index is -3.55. The summed E-state index contributed by atoms with van der Waals surface area (Å²) in [6.45, 7) is 1.81. The van der Waals surface area contributed by atoms with Gasteiger partial charge < -0.3 is 0 Å². The summed E-state index contributed by atoms with van der Waals surface area (Å²) in [5.74, 6) is 2.46. The molecular formula is C16H15NO2S. The molecule has 0 fully saturated rings. The maximum absolute atomic E-state index is 12.3. The van der Waals surface area contributed by atoms with E-state index in [1.807, 2.05) is 37.3 Å². The zero-order valence-electron chi connectivity index (χ0n) is 11.1. The second kappa shape index (κ2) is 5.91. The van der Waals surface area contributed by atoms with Crippen molar-refractivity contribution in [1.29, 1.82) is 0 Å². The maximum Gasteiger partial charge on any atom is 0.241 e. The Morgan fingerprint density at radius 3 is 2.20 bits per heavy atom. The molecule has 0 spiro atoms. The van der Waals surface area contributed by atoms with Gasteiger partial charge >= 0.3 is 0 Å². The highest BCUT2D eigenvalue weighted by molar-refractivity contribution is 7.89. The Labute approximate surface area is 119 Å². The summed E-state index contributed by atoms with van der Waals surface area (Å²) in [5.41, 5.74) is 1.57. The monoisotopic (exact) mass is 285 g/mol. The number of benzene rings is 2. The lowest BCUT2D eigenvalue weighted by atomic mass is 10.1. The summed E-state index contributed by atoms with van der Waals surface area (Å²) >= 11 is 0. The summed E-state index contributed by atoms with van der Waals surface area (Å²) in [7, 11) is -3.55. The van der Waals surface area contributed by atoms with Crippen LogP contribution in [-0.4, -0.2) is 8.42 Å². The van der Waals surface area contributed by atoms with Gasteiger partial charge in [0.1, 0.15) is 0 Å². The quantitative estimate of drug-likeness (QED) is 0.878. The Balaban J connectivity index is 2.21. The van der Waals surface area contributed by atoms with Crippen LogP contribution in [0.3, 0.4) is 0 Å². The van der Waals surface area contributed by atoms with Crippen LogP contribution in [0.4, 0.5) is 0 Å². The van der Waals surface area contributed by atoms with E-state index in [1.165, 1.54) is 12.1 Å². The molecule has 0 amide bonds. The van der Waals surface area contributed by atoms with E-state index < -0.39 is 10.0 Å². The van der Waals surface area contributed by atoms with Crippen LogP contribution in [0.25, 0.3) is 0 Å². The van der Waals surface area contributed by atoms with E-state index in [1.54, 1.807) is 12.1 Å². The SMILES string of the molecule is C#Cc1ccc(S(=O)(=O)NC(C)c2ccccc2)cc1. The van der Waals surface area contributed by atoms with Crippen LogP contribution >= 0.6 is 0 Å². The third kappa shape index (κ3) is 3.27. The number of terminal acetylenes is 1. The first kappa shape index (κ1) is 14.3. The van der Waals surface area contributed by atoms with Crippen molar-refractivity contribution in [2.75, 3.05) is 0 Å². The van der Waals surface area contributed by atoms with Gasteiger partial charge in [0.05, 0.1) is 4.90 Å². The van der Waals surface area contributed by atoms with Gasteiger partial charge in [0.15, 0.2) is 0 Å². The minimum absolute atomic E-state index is 0.208. The lowest BCUT2D eigenvalue weighted by molar-refractivity contribution is 0.567. The van der Waals surface area contributed by atoms with Crippen molar-refractivity contribution in [3.05, 3.63) is 65.7 Å². The molecule has 2 aromatic rings. The van der Waals surface area contributed by atoms with Gasteiger partial charge in [-0.25, -0.2) is 13.1 Å². The molecule has 4 heteroatoms. The molecule has 0 aromatic heterocycles. The fraction of sp³-hybridized carbons (Fsp3) is 0.125. The molecule has 0 heterocycles. The van der Waals surface area contributed by atoms with Crippen molar-refractivity contribution >= 4 is 10.0 Å². The normalized spacial score (nSPS) is 12.6. The predicted octanol–water partition coefficient (Wildman–Crippen LogP) is 2.71. The van der Waals surface area contributed by atoms with Gasteiger partial charge in [-0.15, -0.1) is 6.42 Å². The van der Waals surface area contributed by atoms with Crippen molar-refractivity contribution in [1.82, 2.24) is 4.72 Å². The average molecular weight is 285 g/mol. The number of nitrogens with one attached hydrogen (secondary N) is 1. The zero-order valence-corrected chi connectivity index (χ0v) is 11.9. The molecule has 2 aromatic carbocycles. The van der Waals surface area contributed by atoms with Crippen LogP contribution in [0.15, 0.2) is 59.5 Å². The number of sulfonamides is 1. The molecule has 3 nitrogen and oxygen atoms in total. The largest absolute Gasteiger partial charge is 0.241 e. The van der Waals surface area contributed by atoms with Gasteiger partial charge in [0.2, 0.25) is 10.0 Å². The van der Waals surface area contributed by atoms with E-state index in [4.69, 9.17) is 6.42 Å². The third-order valence-electron chi connectivity index (χ3n) is 2.96. The Morgan fingerprint density at radius 2 is 1.65 bits per heavy atom. The van der Waals surface area contributed by atoms with Gasteiger partial charge in [-0.2, -0.15) is 0 Å². The van der Waals surface area contributed by atoms with Crippen molar-refractivity contribution in [2.24, 2.45) is 0 Å². The molecule has 0 saturated heterocycles. The Kier molecular flexibility index (Phi) is 4.23. The molecule has 2 rings (SSSR count). The highest BCUT2D eigenvalue weighted by Gasteiger charge is 2.17. The van der Waals surface area contributed by atoms with Crippen LogP contribution < -0.4 is 4.72 Å². The summed E-state index contributed by atoms with van der Waals surface area (Å²) in [6, 6.07) is 15.4. The minimum Gasteiger partial charge on any atom is -0.207 e. The smallest absolute Gasteiger partial charge is 0.207 e. The Morgan fingerprint density at radius 1 is 1.05 bits per heavy atom. The number of rotatable bonds is 4. The lowest BCUT2D eigenvalue weighted by Crippen LogP contribution is -2.26. The third-order valence-corrected chi connectivity index (χ3v) is 4.52. The van der Waals surface area contributed by atoms with Crippen LogP contribution in [0.1, 0.15) is 24.1 Å². The van der Waals surface area contributed by atoms with Crippen LogP contribution in [0.2, 0.25) is 0 Å². The standard InChI is InChI=1S/C16H15NO2S/c1-3-14-9-11-16(12-10-14)20(18,19)17-13(2)15-7-5-4-6-8-15/h1,4-13,17H,2H3. The zero-order chi connectivity index (χ0) is 14.6. The van der Waals surface area contributed by atoms with Gasteiger partial charge in [-0.1, -0.05) is 36.3 Å². The summed E-state index contributed by atoms with van der Waals surface area (Å²) in [4.78, 5) is 0.208. The highest BCUT2D eigenvalue weighted by atomic mass is 32.2. The molecule has 20 heavy (non-hydrogen) atoms.